The molecule has 4 heteroatoms. The van der Waals surface area contributed by atoms with Crippen LogP contribution in [0.2, 0.25) is 0 Å². The van der Waals surface area contributed by atoms with E-state index in [1.54, 1.807) is 12.1 Å². The normalized spacial score (nSPS) is 13.2. The molecule has 0 atom stereocenters. The summed E-state index contributed by atoms with van der Waals surface area (Å²) in [4.78, 5) is 14.0. The highest BCUT2D eigenvalue weighted by molar-refractivity contribution is 5.99. The predicted octanol–water partition coefficient (Wildman–Crippen LogP) is 2.58. The van der Waals surface area contributed by atoms with Gasteiger partial charge in [-0.1, -0.05) is 30.3 Å². The van der Waals surface area contributed by atoms with Crippen LogP contribution in [0.3, 0.4) is 0 Å². The minimum absolute atomic E-state index is 0.358. The second-order valence-electron chi connectivity index (χ2n) is 4.86. The number of nitrogens with zero attached hydrogens (tertiary/aromatic N) is 1. The van der Waals surface area contributed by atoms with Gasteiger partial charge in [0.25, 0.3) is 0 Å². The third-order valence-electron chi connectivity index (χ3n) is 3.63. The van der Waals surface area contributed by atoms with E-state index in [2.05, 4.69) is 17.0 Å². The van der Waals surface area contributed by atoms with Crippen LogP contribution in [0.1, 0.15) is 21.5 Å². The number of rotatable bonds is 2. The number of fused-ring (bicyclic) bond motifs is 1. The maximum absolute atomic E-state index is 11.9. The van der Waals surface area contributed by atoms with Crippen LogP contribution in [0.4, 0.5) is 11.4 Å². The van der Waals surface area contributed by atoms with Crippen molar-refractivity contribution in [2.75, 3.05) is 17.7 Å². The fourth-order valence-corrected chi connectivity index (χ4v) is 2.68. The monoisotopic (exact) mass is 268 g/mol. The highest BCUT2D eigenvalue weighted by Crippen LogP contribution is 2.35. The Labute approximate surface area is 117 Å². The fraction of sp³-hybridized carbons (Fsp3) is 0.188. The van der Waals surface area contributed by atoms with Gasteiger partial charge in [-0.25, -0.2) is 4.79 Å². The molecule has 0 bridgehead atoms. The van der Waals surface area contributed by atoms with Crippen LogP contribution in [-0.4, -0.2) is 13.1 Å². The Morgan fingerprint density at radius 1 is 1.10 bits per heavy atom. The Hall–Kier alpha value is -2.49. The number of hydrogen-bond donors (Lipinski definition) is 1. The van der Waals surface area contributed by atoms with Crippen molar-refractivity contribution >= 4 is 17.3 Å². The number of ether oxygens (including phenoxy) is 1. The highest BCUT2D eigenvalue weighted by Gasteiger charge is 2.25. The molecule has 1 aliphatic rings. The molecule has 0 spiro atoms. The number of benzene rings is 2. The fourth-order valence-electron chi connectivity index (χ4n) is 2.68. The van der Waals surface area contributed by atoms with Crippen LogP contribution in [0.25, 0.3) is 0 Å². The molecule has 0 radical (unpaired) electrons. The first-order valence-corrected chi connectivity index (χ1v) is 6.49. The maximum atomic E-state index is 11.9. The molecule has 1 aliphatic heterocycles. The first kappa shape index (κ1) is 12.5. The number of nitrogens with two attached hydrogens (primary N) is 1. The molecule has 2 aromatic carbocycles. The molecule has 1 heterocycles. The van der Waals surface area contributed by atoms with E-state index in [-0.39, 0.29) is 5.97 Å². The maximum Gasteiger partial charge on any atom is 0.340 e. The van der Waals surface area contributed by atoms with E-state index < -0.39 is 0 Å². The Morgan fingerprint density at radius 2 is 1.75 bits per heavy atom. The third-order valence-corrected chi connectivity index (χ3v) is 3.63. The molecule has 2 N–H and O–H groups in total. The lowest BCUT2D eigenvalue weighted by molar-refractivity contribution is 0.0601. The SMILES string of the molecule is COC(=O)c1cccc(N)c1N1Cc2ccccc2C1. The van der Waals surface area contributed by atoms with E-state index in [4.69, 9.17) is 10.5 Å². The summed E-state index contributed by atoms with van der Waals surface area (Å²) >= 11 is 0. The van der Waals surface area contributed by atoms with E-state index in [9.17, 15) is 4.79 Å². The molecule has 3 rings (SSSR count). The summed E-state index contributed by atoms with van der Waals surface area (Å²) in [6, 6.07) is 13.6. The second kappa shape index (κ2) is 4.89. The Balaban J connectivity index is 2.02. The van der Waals surface area contributed by atoms with Crippen LogP contribution in [0.15, 0.2) is 42.5 Å². The van der Waals surface area contributed by atoms with Crippen molar-refractivity contribution in [3.8, 4) is 0 Å². The number of nitrogen functional groups attached to an aromatic ring is 1. The summed E-state index contributed by atoms with van der Waals surface area (Å²) in [5.74, 6) is -0.358. The quantitative estimate of drug-likeness (QED) is 0.672. The van der Waals surface area contributed by atoms with Gasteiger partial charge in [0.15, 0.2) is 0 Å². The van der Waals surface area contributed by atoms with Gasteiger partial charge in [-0.15, -0.1) is 0 Å². The van der Waals surface area contributed by atoms with Crippen molar-refractivity contribution in [1.82, 2.24) is 0 Å². The third kappa shape index (κ3) is 1.99. The van der Waals surface area contributed by atoms with Gasteiger partial charge in [-0.3, -0.25) is 0 Å². The summed E-state index contributed by atoms with van der Waals surface area (Å²) in [7, 11) is 1.38. The Bertz CT molecular complexity index is 642. The van der Waals surface area contributed by atoms with Gasteiger partial charge in [0.1, 0.15) is 0 Å². The first-order chi connectivity index (χ1) is 9.70. The van der Waals surface area contributed by atoms with E-state index in [0.29, 0.717) is 11.3 Å². The smallest absolute Gasteiger partial charge is 0.340 e. The van der Waals surface area contributed by atoms with Crippen LogP contribution in [-0.2, 0) is 17.8 Å². The van der Waals surface area contributed by atoms with Gasteiger partial charge in [-0.2, -0.15) is 0 Å². The Kier molecular flexibility index (Phi) is 3.06. The van der Waals surface area contributed by atoms with Crippen molar-refractivity contribution in [1.29, 1.82) is 0 Å². The van der Waals surface area contributed by atoms with Gasteiger partial charge >= 0.3 is 5.97 Å². The van der Waals surface area contributed by atoms with Gasteiger partial charge < -0.3 is 15.4 Å². The number of carbonyl (C=O) groups is 1. The molecule has 0 aromatic heterocycles. The highest BCUT2D eigenvalue weighted by atomic mass is 16.5. The van der Waals surface area contributed by atoms with Crippen LogP contribution in [0, 0.1) is 0 Å². The van der Waals surface area contributed by atoms with E-state index in [0.717, 1.165) is 18.8 Å². The van der Waals surface area contributed by atoms with Crippen molar-refractivity contribution in [2.45, 2.75) is 13.1 Å². The molecule has 0 unspecified atom stereocenters. The topological polar surface area (TPSA) is 55.6 Å². The summed E-state index contributed by atoms with van der Waals surface area (Å²) in [6.07, 6.45) is 0. The molecular formula is C16H16N2O2. The molecule has 102 valence electrons. The van der Waals surface area contributed by atoms with E-state index in [1.807, 2.05) is 18.2 Å². The van der Waals surface area contributed by atoms with E-state index >= 15 is 0 Å². The first-order valence-electron chi connectivity index (χ1n) is 6.49. The van der Waals surface area contributed by atoms with Crippen LogP contribution < -0.4 is 10.6 Å². The molecule has 4 nitrogen and oxygen atoms in total. The molecule has 20 heavy (non-hydrogen) atoms. The lowest BCUT2D eigenvalue weighted by Crippen LogP contribution is -2.20. The summed E-state index contributed by atoms with van der Waals surface area (Å²) in [5.41, 5.74) is 10.5. The molecule has 2 aromatic rings. The number of esters is 1. The average Bonchev–Trinajstić information content (AvgIpc) is 2.89. The summed E-state index contributed by atoms with van der Waals surface area (Å²) < 4.78 is 4.85. The number of methoxy groups -OCH3 is 1. The van der Waals surface area contributed by atoms with Gasteiger partial charge in [0.2, 0.25) is 0 Å². The predicted molar refractivity (Wildman–Crippen MR) is 78.5 cm³/mol. The summed E-state index contributed by atoms with van der Waals surface area (Å²) in [5, 5.41) is 0. The Morgan fingerprint density at radius 3 is 2.35 bits per heavy atom. The van der Waals surface area contributed by atoms with Crippen LogP contribution in [0.5, 0.6) is 0 Å². The van der Waals surface area contributed by atoms with Crippen molar-refractivity contribution in [3.63, 3.8) is 0 Å². The van der Waals surface area contributed by atoms with Gasteiger partial charge in [0.05, 0.1) is 24.0 Å². The molecule has 0 amide bonds. The number of anilines is 2. The largest absolute Gasteiger partial charge is 0.465 e. The molecule has 0 aliphatic carbocycles. The number of para-hydroxylation sites is 1. The van der Waals surface area contributed by atoms with Crippen LogP contribution >= 0.6 is 0 Å². The van der Waals surface area contributed by atoms with Crippen molar-refractivity contribution in [2.24, 2.45) is 0 Å². The zero-order valence-corrected chi connectivity index (χ0v) is 11.3. The lowest BCUT2D eigenvalue weighted by Gasteiger charge is -2.22. The minimum atomic E-state index is -0.358. The molecule has 0 saturated carbocycles. The van der Waals surface area contributed by atoms with Crippen molar-refractivity contribution < 1.29 is 9.53 Å². The molecule has 0 saturated heterocycles. The summed E-state index contributed by atoms with van der Waals surface area (Å²) in [6.45, 7) is 1.52. The van der Waals surface area contributed by atoms with Crippen molar-refractivity contribution in [3.05, 3.63) is 59.2 Å². The number of carbonyl (C=O) groups excluding carboxylic acids is 1. The van der Waals surface area contributed by atoms with Gasteiger partial charge in [0, 0.05) is 13.1 Å². The molecule has 0 fully saturated rings. The average molecular weight is 268 g/mol. The number of hydrogen-bond acceptors (Lipinski definition) is 4. The van der Waals surface area contributed by atoms with Gasteiger partial charge in [-0.05, 0) is 23.3 Å². The zero-order valence-electron chi connectivity index (χ0n) is 11.3. The second-order valence-corrected chi connectivity index (χ2v) is 4.86. The standard InChI is InChI=1S/C16H16N2O2/c1-20-16(19)13-7-4-8-14(17)15(13)18-9-11-5-2-3-6-12(11)10-18/h2-8H,9-10,17H2,1H3. The lowest BCUT2D eigenvalue weighted by atomic mass is 10.1. The zero-order chi connectivity index (χ0) is 14.1. The minimum Gasteiger partial charge on any atom is -0.465 e. The molecular weight excluding hydrogens is 252 g/mol. The van der Waals surface area contributed by atoms with E-state index in [1.165, 1.54) is 18.2 Å².